The smallest absolute Gasteiger partial charge is 0.251 e. The van der Waals surface area contributed by atoms with E-state index in [2.05, 4.69) is 5.32 Å². The van der Waals surface area contributed by atoms with Crippen LogP contribution in [0.4, 0.5) is 8.78 Å². The Labute approximate surface area is 151 Å². The molecule has 2 aromatic carbocycles. The van der Waals surface area contributed by atoms with Crippen molar-refractivity contribution in [1.82, 2.24) is 10.2 Å². The molecule has 0 radical (unpaired) electrons. The molecular weight excluding hydrogens is 336 g/mol. The number of benzene rings is 2. The molecule has 0 aromatic heterocycles. The number of likely N-dealkylation sites (N-methyl/N-ethyl adjacent to an activating group) is 1. The molecule has 134 valence electrons. The zero-order valence-electron chi connectivity index (χ0n) is 14.6. The van der Waals surface area contributed by atoms with Gasteiger partial charge >= 0.3 is 0 Å². The molecule has 2 aromatic rings. The molecule has 3 rings (SSSR count). The van der Waals surface area contributed by atoms with E-state index in [1.54, 1.807) is 31.2 Å². The van der Waals surface area contributed by atoms with E-state index in [9.17, 15) is 13.6 Å². The van der Waals surface area contributed by atoms with Crippen molar-refractivity contribution in [3.8, 4) is 6.07 Å². The van der Waals surface area contributed by atoms with Gasteiger partial charge in [0, 0.05) is 12.1 Å². The Kier molecular flexibility index (Phi) is 5.01. The van der Waals surface area contributed by atoms with Crippen LogP contribution in [0.5, 0.6) is 0 Å². The summed E-state index contributed by atoms with van der Waals surface area (Å²) in [6, 6.07) is 10.4. The van der Waals surface area contributed by atoms with Gasteiger partial charge in [-0.1, -0.05) is 6.07 Å². The largest absolute Gasteiger partial charge is 0.347 e. The number of nitriles is 1. The fraction of sp³-hybridized carbons (Fsp3) is 0.300. The molecule has 0 spiro atoms. The van der Waals surface area contributed by atoms with Crippen LogP contribution in [-0.2, 0) is 0 Å². The highest BCUT2D eigenvalue weighted by molar-refractivity contribution is 5.96. The SMILES string of the molecule is Cc1cc(C#N)ccc1C(=O)NC1CCN(C)C1c1ccc(F)c(F)c1. The van der Waals surface area contributed by atoms with Gasteiger partial charge in [0.25, 0.3) is 5.91 Å². The lowest BCUT2D eigenvalue weighted by molar-refractivity contribution is 0.0927. The van der Waals surface area contributed by atoms with Crippen molar-refractivity contribution in [2.75, 3.05) is 13.6 Å². The van der Waals surface area contributed by atoms with Gasteiger partial charge in [0.1, 0.15) is 0 Å². The van der Waals surface area contributed by atoms with Gasteiger partial charge in [-0.3, -0.25) is 9.69 Å². The van der Waals surface area contributed by atoms with Crippen LogP contribution in [0.3, 0.4) is 0 Å². The number of carbonyl (C=O) groups is 1. The Morgan fingerprint density at radius 2 is 2.00 bits per heavy atom. The van der Waals surface area contributed by atoms with E-state index in [0.717, 1.165) is 18.2 Å². The van der Waals surface area contributed by atoms with E-state index >= 15 is 0 Å². The molecule has 1 aliphatic heterocycles. The lowest BCUT2D eigenvalue weighted by Crippen LogP contribution is -2.39. The number of hydrogen-bond donors (Lipinski definition) is 1. The molecular formula is C20H19F2N3O. The molecule has 0 saturated carbocycles. The molecule has 1 amide bonds. The first-order valence-corrected chi connectivity index (χ1v) is 8.37. The summed E-state index contributed by atoms with van der Waals surface area (Å²) in [5.41, 5.74) is 2.35. The minimum atomic E-state index is -0.893. The van der Waals surface area contributed by atoms with Gasteiger partial charge in [0.15, 0.2) is 11.6 Å². The summed E-state index contributed by atoms with van der Waals surface area (Å²) >= 11 is 0. The van der Waals surface area contributed by atoms with E-state index in [0.29, 0.717) is 23.1 Å². The molecule has 2 unspecified atom stereocenters. The van der Waals surface area contributed by atoms with E-state index in [1.807, 2.05) is 18.0 Å². The third-order valence-corrected chi connectivity index (χ3v) is 4.85. The van der Waals surface area contributed by atoms with Crippen LogP contribution in [0.25, 0.3) is 0 Å². The molecule has 0 bridgehead atoms. The van der Waals surface area contributed by atoms with E-state index in [4.69, 9.17) is 5.26 Å². The average Bonchev–Trinajstić information content (AvgIpc) is 2.97. The molecule has 4 nitrogen and oxygen atoms in total. The summed E-state index contributed by atoms with van der Waals surface area (Å²) in [6.07, 6.45) is 0.710. The zero-order chi connectivity index (χ0) is 18.8. The number of hydrogen-bond acceptors (Lipinski definition) is 3. The summed E-state index contributed by atoms with van der Waals surface area (Å²) in [4.78, 5) is 14.7. The van der Waals surface area contributed by atoms with Crippen molar-refractivity contribution in [3.63, 3.8) is 0 Å². The zero-order valence-corrected chi connectivity index (χ0v) is 14.6. The third kappa shape index (κ3) is 3.44. The van der Waals surface area contributed by atoms with Crippen LogP contribution in [0.15, 0.2) is 36.4 Å². The van der Waals surface area contributed by atoms with Crippen LogP contribution in [-0.4, -0.2) is 30.4 Å². The molecule has 1 fully saturated rings. The highest BCUT2D eigenvalue weighted by Crippen LogP contribution is 2.32. The van der Waals surface area contributed by atoms with Gasteiger partial charge in [-0.05, 0) is 61.9 Å². The van der Waals surface area contributed by atoms with Crippen molar-refractivity contribution >= 4 is 5.91 Å². The number of nitrogens with one attached hydrogen (secondary N) is 1. The number of aryl methyl sites for hydroxylation is 1. The van der Waals surface area contributed by atoms with Crippen LogP contribution < -0.4 is 5.32 Å². The first-order chi connectivity index (χ1) is 12.4. The molecule has 1 aliphatic rings. The predicted octanol–water partition coefficient (Wildman–Crippen LogP) is 3.32. The van der Waals surface area contributed by atoms with Crippen molar-refractivity contribution in [1.29, 1.82) is 5.26 Å². The minimum Gasteiger partial charge on any atom is -0.347 e. The van der Waals surface area contributed by atoms with Crippen molar-refractivity contribution in [2.24, 2.45) is 0 Å². The maximum atomic E-state index is 13.6. The lowest BCUT2D eigenvalue weighted by Gasteiger charge is -2.26. The summed E-state index contributed by atoms with van der Waals surface area (Å²) in [6.45, 7) is 2.52. The maximum Gasteiger partial charge on any atom is 0.251 e. The molecule has 0 aliphatic carbocycles. The number of carbonyl (C=O) groups excluding carboxylic acids is 1. The number of likely N-dealkylation sites (tertiary alicyclic amines) is 1. The van der Waals surface area contributed by atoms with E-state index in [1.165, 1.54) is 6.07 Å². The molecule has 1 N–H and O–H groups in total. The summed E-state index contributed by atoms with van der Waals surface area (Å²) in [7, 11) is 1.89. The first kappa shape index (κ1) is 18.0. The first-order valence-electron chi connectivity index (χ1n) is 8.37. The lowest BCUT2D eigenvalue weighted by atomic mass is 9.98. The third-order valence-electron chi connectivity index (χ3n) is 4.85. The Morgan fingerprint density at radius 3 is 2.65 bits per heavy atom. The van der Waals surface area contributed by atoms with Crippen molar-refractivity contribution in [2.45, 2.75) is 25.4 Å². The van der Waals surface area contributed by atoms with E-state index in [-0.39, 0.29) is 18.0 Å². The summed E-state index contributed by atoms with van der Waals surface area (Å²) in [5, 5.41) is 11.9. The maximum absolute atomic E-state index is 13.6. The molecule has 1 heterocycles. The standard InChI is InChI=1S/C20H19F2N3O/c1-12-9-13(11-23)3-5-15(12)20(26)24-18-7-8-25(2)19(18)14-4-6-16(21)17(22)10-14/h3-6,9-10,18-19H,7-8H2,1-2H3,(H,24,26). The minimum absolute atomic E-state index is 0.215. The Hall–Kier alpha value is -2.78. The summed E-state index contributed by atoms with van der Waals surface area (Å²) < 4.78 is 26.9. The van der Waals surface area contributed by atoms with E-state index < -0.39 is 11.6 Å². The highest BCUT2D eigenvalue weighted by atomic mass is 19.2. The molecule has 6 heteroatoms. The fourth-order valence-electron chi connectivity index (χ4n) is 3.52. The number of nitrogens with zero attached hydrogens (tertiary/aromatic N) is 2. The Balaban J connectivity index is 1.83. The van der Waals surface area contributed by atoms with Gasteiger partial charge < -0.3 is 5.32 Å². The second-order valence-corrected chi connectivity index (χ2v) is 6.61. The Morgan fingerprint density at radius 1 is 1.23 bits per heavy atom. The second-order valence-electron chi connectivity index (χ2n) is 6.61. The average molecular weight is 355 g/mol. The second kappa shape index (κ2) is 7.22. The quantitative estimate of drug-likeness (QED) is 0.919. The molecule has 1 saturated heterocycles. The van der Waals surface area contributed by atoms with Gasteiger partial charge in [-0.25, -0.2) is 8.78 Å². The topological polar surface area (TPSA) is 56.1 Å². The van der Waals surface area contributed by atoms with Gasteiger partial charge in [-0.2, -0.15) is 5.26 Å². The van der Waals surface area contributed by atoms with Gasteiger partial charge in [-0.15, -0.1) is 0 Å². The number of amides is 1. The van der Waals surface area contributed by atoms with Crippen LogP contribution in [0.2, 0.25) is 0 Å². The number of rotatable bonds is 3. The van der Waals surface area contributed by atoms with Crippen LogP contribution in [0.1, 0.15) is 39.5 Å². The molecule has 26 heavy (non-hydrogen) atoms. The highest BCUT2D eigenvalue weighted by Gasteiger charge is 2.34. The van der Waals surface area contributed by atoms with Gasteiger partial charge in [0.05, 0.1) is 23.7 Å². The Bertz CT molecular complexity index is 891. The van der Waals surface area contributed by atoms with Gasteiger partial charge in [0.2, 0.25) is 0 Å². The fourth-order valence-corrected chi connectivity index (χ4v) is 3.52. The predicted molar refractivity (Wildman–Crippen MR) is 93.5 cm³/mol. The van der Waals surface area contributed by atoms with Crippen molar-refractivity contribution in [3.05, 3.63) is 70.3 Å². The number of halogens is 2. The molecule has 2 atom stereocenters. The van der Waals surface area contributed by atoms with Crippen LogP contribution in [0, 0.1) is 29.9 Å². The monoisotopic (exact) mass is 355 g/mol. The normalized spacial score (nSPS) is 20.0. The van der Waals surface area contributed by atoms with Crippen LogP contribution >= 0.6 is 0 Å². The van der Waals surface area contributed by atoms with Crippen molar-refractivity contribution < 1.29 is 13.6 Å². The summed E-state index contributed by atoms with van der Waals surface area (Å²) in [5.74, 6) is -2.01.